The lowest BCUT2D eigenvalue weighted by Gasteiger charge is -2.33. The van der Waals surface area contributed by atoms with Crippen molar-refractivity contribution in [3.63, 3.8) is 0 Å². The van der Waals surface area contributed by atoms with Crippen LogP contribution in [0.4, 0.5) is 4.79 Å². The lowest BCUT2D eigenvalue weighted by atomic mass is 10.1. The number of imidazole rings is 2. The van der Waals surface area contributed by atoms with Crippen LogP contribution in [0.2, 0.25) is 0 Å². The molecule has 2 aromatic heterocycles. The fraction of sp³-hybridized carbons (Fsp3) is 0.594. The molecule has 0 fully saturated rings. The van der Waals surface area contributed by atoms with E-state index in [9.17, 15) is 48.9 Å². The highest BCUT2D eigenvalue weighted by Gasteiger charge is 2.32. The van der Waals surface area contributed by atoms with Crippen LogP contribution in [0.3, 0.4) is 0 Å². The van der Waals surface area contributed by atoms with Crippen LogP contribution in [0, 0.1) is 0 Å². The van der Waals surface area contributed by atoms with Gasteiger partial charge in [0.05, 0.1) is 20.6 Å². The Labute approximate surface area is 299 Å². The predicted molar refractivity (Wildman–Crippen MR) is 178 cm³/mol. The van der Waals surface area contributed by atoms with Crippen LogP contribution < -0.4 is 20.5 Å². The van der Waals surface area contributed by atoms with Gasteiger partial charge in [0, 0.05) is 31.8 Å². The fourth-order valence-electron chi connectivity index (χ4n) is 5.61. The monoisotopic (exact) mass is 738 g/mol. The Morgan fingerprint density at radius 1 is 0.769 bits per heavy atom. The molecule has 0 saturated carbocycles. The molecule has 0 spiro atoms. The van der Waals surface area contributed by atoms with Gasteiger partial charge in [-0.1, -0.05) is 0 Å². The topological polar surface area (TPSA) is 283 Å². The number of carboxylic acids is 5. The molecule has 0 aromatic carbocycles. The summed E-state index contributed by atoms with van der Waals surface area (Å²) in [4.78, 5) is 85.4. The Kier molecular flexibility index (Phi) is 17.2. The number of aliphatic carboxylic acids is 5. The molecule has 8 N–H and O–H groups in total. The molecule has 3 atom stereocenters. The summed E-state index contributed by atoms with van der Waals surface area (Å²) >= 11 is 0. The number of aryl methyl sites for hydroxylation is 1. The third-order valence-electron chi connectivity index (χ3n) is 8.37. The Balaban J connectivity index is 1.83. The summed E-state index contributed by atoms with van der Waals surface area (Å²) in [5.74, 6) is -4.84. The number of hydrogen-bond acceptors (Lipinski definition) is 8. The van der Waals surface area contributed by atoms with Gasteiger partial charge in [0.15, 0.2) is 18.9 Å². The highest BCUT2D eigenvalue weighted by molar-refractivity contribution is 5.86. The van der Waals surface area contributed by atoms with Crippen molar-refractivity contribution in [2.24, 2.45) is 7.05 Å². The average Bonchev–Trinajstić information content (AvgIpc) is 3.61. The molecular weight excluding hydrogens is 688 g/mol. The van der Waals surface area contributed by atoms with Gasteiger partial charge in [0.1, 0.15) is 37.6 Å². The second-order valence-corrected chi connectivity index (χ2v) is 12.9. The van der Waals surface area contributed by atoms with Crippen LogP contribution in [0.15, 0.2) is 24.8 Å². The largest absolute Gasteiger partial charge is 0.481 e. The number of quaternary nitrogens is 1. The SMILES string of the molecule is C[n+]1ccn(CC(=O)O)c1C[N+](C)(CCCCCC(=O)NCCCCC(NC(=O)NC(CCC(=O)O)C(=O)O)C(=O)O)Cc1nccn1CC(=O)O. The van der Waals surface area contributed by atoms with Gasteiger partial charge >= 0.3 is 41.7 Å². The number of carbonyl (C=O) groups excluding carboxylic acids is 2. The maximum Gasteiger partial charge on any atom is 0.346 e. The molecule has 0 aliphatic rings. The van der Waals surface area contributed by atoms with Gasteiger partial charge in [-0.05, 0) is 44.9 Å². The van der Waals surface area contributed by atoms with E-state index < -0.39 is 54.4 Å². The van der Waals surface area contributed by atoms with Crippen LogP contribution in [0.1, 0.15) is 69.4 Å². The molecule has 0 bridgehead atoms. The summed E-state index contributed by atoms with van der Waals surface area (Å²) in [6.07, 6.45) is 8.79. The first-order chi connectivity index (χ1) is 24.5. The third-order valence-corrected chi connectivity index (χ3v) is 8.37. The van der Waals surface area contributed by atoms with Crippen LogP contribution in [-0.4, -0.2) is 118 Å². The molecular formula is C32H50N8O12+2. The summed E-state index contributed by atoms with van der Waals surface area (Å²) in [6.45, 7) is 1.29. The minimum atomic E-state index is -1.50. The summed E-state index contributed by atoms with van der Waals surface area (Å²) < 4.78 is 5.48. The molecule has 0 saturated heterocycles. The average molecular weight is 739 g/mol. The van der Waals surface area contributed by atoms with Crippen molar-refractivity contribution in [1.82, 2.24) is 30.1 Å². The van der Waals surface area contributed by atoms with Gasteiger partial charge in [0.2, 0.25) is 5.91 Å². The number of unbranched alkanes of at least 4 members (excludes halogenated alkanes) is 3. The first kappa shape index (κ1) is 42.6. The molecule has 52 heavy (non-hydrogen) atoms. The fourth-order valence-corrected chi connectivity index (χ4v) is 5.61. The van der Waals surface area contributed by atoms with Crippen LogP contribution in [0.5, 0.6) is 0 Å². The van der Waals surface area contributed by atoms with Crippen molar-refractivity contribution in [3.8, 4) is 0 Å². The first-order valence-corrected chi connectivity index (χ1v) is 16.8. The van der Waals surface area contributed by atoms with E-state index in [2.05, 4.69) is 20.9 Å². The van der Waals surface area contributed by atoms with E-state index in [4.69, 9.17) is 10.2 Å². The zero-order valence-corrected chi connectivity index (χ0v) is 29.4. The Morgan fingerprint density at radius 2 is 1.40 bits per heavy atom. The number of urea groups is 1. The van der Waals surface area contributed by atoms with Gasteiger partial charge < -0.3 is 50.5 Å². The Bertz CT molecular complexity index is 1560. The van der Waals surface area contributed by atoms with E-state index in [0.717, 1.165) is 12.2 Å². The molecule has 0 aliphatic carbocycles. The number of hydrogen-bond donors (Lipinski definition) is 8. The van der Waals surface area contributed by atoms with E-state index in [1.165, 1.54) is 0 Å². The zero-order chi connectivity index (χ0) is 38.8. The maximum absolute atomic E-state index is 12.4. The third kappa shape index (κ3) is 15.6. The van der Waals surface area contributed by atoms with E-state index in [-0.39, 0.29) is 44.8 Å². The molecule has 2 rings (SSSR count). The lowest BCUT2D eigenvalue weighted by Crippen LogP contribution is -2.51. The number of carbonyl (C=O) groups is 7. The number of nitrogens with one attached hydrogen (secondary N) is 3. The van der Waals surface area contributed by atoms with Crippen molar-refractivity contribution < 1.29 is 68.1 Å². The number of rotatable bonds is 26. The molecule has 20 heteroatoms. The lowest BCUT2D eigenvalue weighted by molar-refractivity contribution is -0.944. The molecule has 2 aromatic rings. The van der Waals surface area contributed by atoms with Gasteiger partial charge in [-0.15, -0.1) is 0 Å². The quantitative estimate of drug-likeness (QED) is 0.0351. The Hall–Kier alpha value is -5.53. The molecule has 3 unspecified atom stereocenters. The number of carboxylic acid groups (broad SMARTS) is 5. The van der Waals surface area contributed by atoms with Crippen molar-refractivity contribution in [2.45, 2.75) is 96.1 Å². The highest BCUT2D eigenvalue weighted by atomic mass is 16.4. The number of aromatic nitrogens is 4. The zero-order valence-electron chi connectivity index (χ0n) is 29.4. The molecule has 0 radical (unpaired) electrons. The van der Waals surface area contributed by atoms with Crippen molar-refractivity contribution in [2.75, 3.05) is 20.1 Å². The van der Waals surface area contributed by atoms with E-state index >= 15 is 0 Å². The summed E-state index contributed by atoms with van der Waals surface area (Å²) in [7, 11) is 3.83. The molecule has 20 nitrogen and oxygen atoms in total. The highest BCUT2D eigenvalue weighted by Crippen LogP contribution is 2.18. The van der Waals surface area contributed by atoms with E-state index in [1.807, 2.05) is 18.7 Å². The van der Waals surface area contributed by atoms with E-state index in [0.29, 0.717) is 55.6 Å². The van der Waals surface area contributed by atoms with Crippen LogP contribution in [0.25, 0.3) is 0 Å². The molecule has 0 aliphatic heterocycles. The smallest absolute Gasteiger partial charge is 0.346 e. The van der Waals surface area contributed by atoms with Gasteiger partial charge in [0.25, 0.3) is 0 Å². The standard InChI is InChI=1S/C32H48N8O12/c1-37-15-16-39(19-29(46)47)26(37)21-40(2,20-24-33-13-14-38(24)18-28(44)45)17-7-3-4-9-25(41)34-12-6-5-8-22(30(48)49)35-32(52)36-23(31(50)51)10-11-27(42)43/h13-16,22-23H,3-12,17-21H2,1-2H3,(H6-2,34,35,36,41,42,43,44,45,46,47,48,49,50,51,52)/p+2. The first-order valence-electron chi connectivity index (χ1n) is 16.8. The van der Waals surface area contributed by atoms with Crippen molar-refractivity contribution >= 4 is 41.8 Å². The van der Waals surface area contributed by atoms with Gasteiger partial charge in [-0.3, -0.25) is 14.4 Å². The molecule has 3 amide bonds. The summed E-state index contributed by atoms with van der Waals surface area (Å²) in [5.41, 5.74) is 0. The summed E-state index contributed by atoms with van der Waals surface area (Å²) in [5, 5.41) is 53.1. The van der Waals surface area contributed by atoms with Crippen LogP contribution in [-0.2, 0) is 62.0 Å². The van der Waals surface area contributed by atoms with Crippen molar-refractivity contribution in [1.29, 1.82) is 0 Å². The Morgan fingerprint density at radius 3 is 2.02 bits per heavy atom. The maximum atomic E-state index is 12.4. The molecule has 288 valence electrons. The van der Waals surface area contributed by atoms with Crippen LogP contribution >= 0.6 is 0 Å². The normalized spacial score (nSPS) is 13.3. The second-order valence-electron chi connectivity index (χ2n) is 12.9. The predicted octanol–water partition coefficient (Wildman–Crippen LogP) is -0.258. The minimum Gasteiger partial charge on any atom is -0.481 e. The second kappa shape index (κ2) is 21.0. The summed E-state index contributed by atoms with van der Waals surface area (Å²) in [6, 6.07) is -3.88. The van der Waals surface area contributed by atoms with Gasteiger partial charge in [-0.2, -0.15) is 0 Å². The van der Waals surface area contributed by atoms with Crippen molar-refractivity contribution in [3.05, 3.63) is 36.4 Å². The number of nitrogens with zero attached hydrogens (tertiary/aromatic N) is 5. The number of amides is 3. The van der Waals surface area contributed by atoms with Gasteiger partial charge in [-0.25, -0.2) is 33.3 Å². The van der Waals surface area contributed by atoms with E-state index in [1.54, 1.807) is 33.9 Å². The minimum absolute atomic E-state index is 0.0120. The molecule has 2 heterocycles.